The van der Waals surface area contributed by atoms with Crippen molar-refractivity contribution >= 4 is 0 Å². The maximum absolute atomic E-state index is 15.9. The average Bonchev–Trinajstić information content (AvgIpc) is 2.99. The molecule has 1 N–H and O–H groups in total. The number of halogens is 5. The topological polar surface area (TPSA) is 33.7 Å². The van der Waals surface area contributed by atoms with Crippen molar-refractivity contribution in [2.24, 2.45) is 5.41 Å². The van der Waals surface area contributed by atoms with Gasteiger partial charge < -0.3 is 14.8 Å². The highest BCUT2D eigenvalue weighted by Gasteiger charge is 2.43. The van der Waals surface area contributed by atoms with E-state index < -0.39 is 42.0 Å². The third-order valence-corrected chi connectivity index (χ3v) is 9.72. The van der Waals surface area contributed by atoms with E-state index in [1.54, 1.807) is 25.1 Å². The second-order valence-corrected chi connectivity index (χ2v) is 12.7. The Morgan fingerprint density at radius 3 is 2.23 bits per heavy atom. The summed E-state index contributed by atoms with van der Waals surface area (Å²) < 4.78 is 85.2. The highest BCUT2D eigenvalue weighted by Crippen LogP contribution is 2.46. The molecule has 2 heterocycles. The zero-order chi connectivity index (χ0) is 30.9. The van der Waals surface area contributed by atoms with Gasteiger partial charge in [0.2, 0.25) is 0 Å². The second-order valence-electron chi connectivity index (χ2n) is 12.7. The first-order valence-electron chi connectivity index (χ1n) is 15.6. The van der Waals surface area contributed by atoms with E-state index in [2.05, 4.69) is 5.32 Å². The van der Waals surface area contributed by atoms with Gasteiger partial charge in [-0.2, -0.15) is 13.2 Å². The van der Waals surface area contributed by atoms with Gasteiger partial charge in [0.1, 0.15) is 29.7 Å². The van der Waals surface area contributed by atoms with Crippen molar-refractivity contribution in [1.82, 2.24) is 10.2 Å². The highest BCUT2D eigenvalue weighted by atomic mass is 19.4. The molecule has 1 saturated carbocycles. The predicted molar refractivity (Wildman–Crippen MR) is 159 cm³/mol. The second kappa shape index (κ2) is 12.7. The molecule has 0 amide bonds. The minimum atomic E-state index is -4.55. The molecule has 0 radical (unpaired) electrons. The molecule has 4 nitrogen and oxygen atoms in total. The van der Waals surface area contributed by atoms with Crippen molar-refractivity contribution < 1.29 is 31.4 Å². The normalized spacial score (nSPS) is 22.5. The third kappa shape index (κ3) is 6.89. The van der Waals surface area contributed by atoms with Crippen LogP contribution in [0.1, 0.15) is 73.7 Å². The number of nitrogens with zero attached hydrogens (tertiary/aromatic N) is 1. The summed E-state index contributed by atoms with van der Waals surface area (Å²) in [4.78, 5) is 1.15. The highest BCUT2D eigenvalue weighted by molar-refractivity contribution is 5.46. The Morgan fingerprint density at radius 2 is 1.57 bits per heavy atom. The first-order valence-corrected chi connectivity index (χ1v) is 15.6. The largest absolute Gasteiger partial charge is 0.490 e. The maximum Gasteiger partial charge on any atom is 0.401 e. The summed E-state index contributed by atoms with van der Waals surface area (Å²) in [5.74, 6) is -1.20. The Kier molecular flexibility index (Phi) is 8.88. The van der Waals surface area contributed by atoms with Crippen molar-refractivity contribution in [2.75, 3.05) is 19.6 Å². The van der Waals surface area contributed by atoms with Crippen LogP contribution in [0.5, 0.6) is 11.5 Å². The van der Waals surface area contributed by atoms with Gasteiger partial charge in [-0.25, -0.2) is 8.78 Å². The number of piperidine rings is 1. The number of alkyl halides is 3. The molecular formula is C35H39F5N2O2. The zero-order valence-electron chi connectivity index (χ0n) is 24.9. The fourth-order valence-corrected chi connectivity index (χ4v) is 7.36. The van der Waals surface area contributed by atoms with E-state index in [0.717, 1.165) is 74.2 Å². The lowest BCUT2D eigenvalue weighted by atomic mass is 9.68. The molecule has 0 bridgehead atoms. The lowest BCUT2D eigenvalue weighted by Crippen LogP contribution is -2.47. The number of hydrogen-bond acceptors (Lipinski definition) is 4. The Hall–Kier alpha value is -3.17. The van der Waals surface area contributed by atoms with Crippen LogP contribution in [0.4, 0.5) is 22.0 Å². The molecular weight excluding hydrogens is 575 g/mol. The summed E-state index contributed by atoms with van der Waals surface area (Å²) in [7, 11) is 0. The summed E-state index contributed by atoms with van der Waals surface area (Å²) in [5, 5.41) is 3.40. The van der Waals surface area contributed by atoms with E-state index in [9.17, 15) is 13.2 Å². The van der Waals surface area contributed by atoms with Crippen LogP contribution >= 0.6 is 0 Å². The van der Waals surface area contributed by atoms with Crippen LogP contribution in [0.3, 0.4) is 0 Å². The Balaban J connectivity index is 1.26. The molecule has 3 aromatic rings. The van der Waals surface area contributed by atoms with Crippen LogP contribution in [0.2, 0.25) is 0 Å². The quantitative estimate of drug-likeness (QED) is 0.273. The molecule has 3 aliphatic rings. The van der Waals surface area contributed by atoms with Gasteiger partial charge in [-0.05, 0) is 99.2 Å². The standard InChI is InChI=1S/C35H39F5N2O2/c1-23-17-25-18-27(43-21-24-5-3-2-4-6-24)7-8-29(25)33(42(23)22-35(38,39)40)32-30(36)19-28(20-31(32)37)44-26-9-11-34(12-10-26)13-15-41-16-14-34/h2-8,18-20,23,26,33,41H,9-17,21-22H2,1H3/t23-,33?/m1/s1. The molecule has 1 aliphatic carbocycles. The van der Waals surface area contributed by atoms with Crippen LogP contribution in [0, 0.1) is 17.0 Å². The van der Waals surface area contributed by atoms with E-state index in [-0.39, 0.29) is 18.3 Å². The maximum atomic E-state index is 15.9. The minimum absolute atomic E-state index is 0.0751. The summed E-state index contributed by atoms with van der Waals surface area (Å²) in [6, 6.07) is 15.0. The van der Waals surface area contributed by atoms with Crippen molar-refractivity contribution in [2.45, 2.75) is 82.8 Å². The number of ether oxygens (including phenoxy) is 2. The average molecular weight is 615 g/mol. The van der Waals surface area contributed by atoms with Crippen molar-refractivity contribution in [3.63, 3.8) is 0 Å². The van der Waals surface area contributed by atoms with Gasteiger partial charge in [-0.1, -0.05) is 36.4 Å². The molecule has 2 atom stereocenters. The Labute approximate surface area is 255 Å². The molecule has 2 fully saturated rings. The molecule has 1 spiro atoms. The molecule has 44 heavy (non-hydrogen) atoms. The van der Waals surface area contributed by atoms with Crippen molar-refractivity contribution in [3.8, 4) is 11.5 Å². The number of rotatable bonds is 7. The number of benzene rings is 3. The molecule has 6 rings (SSSR count). The molecule has 9 heteroatoms. The minimum Gasteiger partial charge on any atom is -0.490 e. The first-order chi connectivity index (χ1) is 21.1. The summed E-state index contributed by atoms with van der Waals surface area (Å²) in [5.41, 5.74) is 2.04. The van der Waals surface area contributed by atoms with Crippen LogP contribution in [0.15, 0.2) is 60.7 Å². The SMILES string of the molecule is C[C@@H]1Cc2cc(OCc3ccccc3)ccc2C(c2c(F)cc(OC3CCC4(CCNCC4)CC3)cc2F)N1CC(F)(F)F. The number of hydrogen-bond donors (Lipinski definition) is 1. The van der Waals surface area contributed by atoms with Crippen LogP contribution in [-0.4, -0.2) is 42.9 Å². The van der Waals surface area contributed by atoms with E-state index in [1.165, 1.54) is 0 Å². The van der Waals surface area contributed by atoms with Crippen molar-refractivity contribution in [3.05, 3.63) is 94.6 Å². The van der Waals surface area contributed by atoms with Crippen molar-refractivity contribution in [1.29, 1.82) is 0 Å². The Morgan fingerprint density at radius 1 is 0.886 bits per heavy atom. The summed E-state index contributed by atoms with van der Waals surface area (Å²) >= 11 is 0. The van der Waals surface area contributed by atoms with E-state index >= 15 is 8.78 Å². The zero-order valence-corrected chi connectivity index (χ0v) is 24.9. The predicted octanol–water partition coefficient (Wildman–Crippen LogP) is 8.13. The number of fused-ring (bicyclic) bond motifs is 1. The summed E-state index contributed by atoms with van der Waals surface area (Å²) in [6.07, 6.45) is 1.51. The van der Waals surface area contributed by atoms with Crippen LogP contribution in [-0.2, 0) is 13.0 Å². The number of nitrogens with one attached hydrogen (secondary N) is 1. The molecule has 0 aromatic heterocycles. The molecule has 1 unspecified atom stereocenters. The van der Waals surface area contributed by atoms with Gasteiger partial charge in [-0.15, -0.1) is 0 Å². The van der Waals surface area contributed by atoms with Gasteiger partial charge in [0, 0.05) is 23.7 Å². The van der Waals surface area contributed by atoms with Crippen LogP contribution < -0.4 is 14.8 Å². The smallest absolute Gasteiger partial charge is 0.401 e. The van der Waals surface area contributed by atoms with E-state index in [1.807, 2.05) is 30.3 Å². The lowest BCUT2D eigenvalue weighted by molar-refractivity contribution is -0.155. The molecule has 236 valence electrons. The molecule has 3 aromatic carbocycles. The Bertz CT molecular complexity index is 1410. The first kappa shape index (κ1) is 30.8. The summed E-state index contributed by atoms with van der Waals surface area (Å²) in [6.45, 7) is 2.72. The van der Waals surface area contributed by atoms with Gasteiger partial charge >= 0.3 is 6.18 Å². The monoisotopic (exact) mass is 614 g/mol. The van der Waals surface area contributed by atoms with Crippen LogP contribution in [0.25, 0.3) is 0 Å². The lowest BCUT2D eigenvalue weighted by Gasteiger charge is -2.43. The molecule has 2 aliphatic heterocycles. The van der Waals surface area contributed by atoms with Gasteiger partial charge in [0.05, 0.1) is 18.7 Å². The third-order valence-electron chi connectivity index (χ3n) is 9.72. The van der Waals surface area contributed by atoms with Gasteiger partial charge in [0.25, 0.3) is 0 Å². The van der Waals surface area contributed by atoms with Gasteiger partial charge in [0.15, 0.2) is 0 Å². The van der Waals surface area contributed by atoms with E-state index in [4.69, 9.17) is 9.47 Å². The fourth-order valence-electron chi connectivity index (χ4n) is 7.36. The van der Waals surface area contributed by atoms with E-state index in [0.29, 0.717) is 28.9 Å². The molecule has 1 saturated heterocycles. The fraction of sp³-hybridized carbons (Fsp3) is 0.486. The van der Waals surface area contributed by atoms with Gasteiger partial charge in [-0.3, -0.25) is 4.90 Å².